The topological polar surface area (TPSA) is 42.9 Å². The van der Waals surface area contributed by atoms with Crippen LogP contribution in [0.1, 0.15) is 28.9 Å². The molecule has 0 spiro atoms. The smallest absolute Gasteiger partial charge is 0.293 e. The van der Waals surface area contributed by atoms with Crippen LogP contribution in [0.25, 0.3) is 0 Å². The van der Waals surface area contributed by atoms with Crippen LogP contribution in [0.4, 0.5) is 13.2 Å². The zero-order chi connectivity index (χ0) is 10.9. The Bertz CT molecular complexity index is 373. The van der Waals surface area contributed by atoms with Crippen LogP contribution in [-0.4, -0.2) is 15.8 Å². The van der Waals surface area contributed by atoms with Crippen molar-refractivity contribution < 1.29 is 18.0 Å². The first-order chi connectivity index (χ1) is 6.30. The van der Waals surface area contributed by atoms with Gasteiger partial charge in [-0.2, -0.15) is 13.2 Å². The van der Waals surface area contributed by atoms with E-state index < -0.39 is 17.8 Å². The summed E-state index contributed by atoms with van der Waals surface area (Å²) in [5.74, 6) is -1.79. The first-order valence-electron chi connectivity index (χ1n) is 3.74. The Morgan fingerprint density at radius 2 is 1.93 bits per heavy atom. The molecule has 1 heterocycles. The van der Waals surface area contributed by atoms with Gasteiger partial charge in [0, 0.05) is 12.6 Å². The third-order valence-electron chi connectivity index (χ3n) is 1.47. The minimum Gasteiger partial charge on any atom is -0.293 e. The predicted octanol–water partition coefficient (Wildman–Crippen LogP) is 2.01. The summed E-state index contributed by atoms with van der Waals surface area (Å²) in [5, 5.41) is 0. The van der Waals surface area contributed by atoms with Gasteiger partial charge in [0.2, 0.25) is 5.82 Å². The number of ketones is 1. The molecule has 1 aromatic rings. The highest BCUT2D eigenvalue weighted by atomic mass is 19.4. The van der Waals surface area contributed by atoms with Gasteiger partial charge in [0.1, 0.15) is 5.69 Å². The van der Waals surface area contributed by atoms with Gasteiger partial charge in [-0.1, -0.05) is 0 Å². The fourth-order valence-corrected chi connectivity index (χ4v) is 0.876. The van der Waals surface area contributed by atoms with Gasteiger partial charge in [-0.3, -0.25) is 4.79 Å². The van der Waals surface area contributed by atoms with E-state index in [9.17, 15) is 18.0 Å². The van der Waals surface area contributed by atoms with Crippen molar-refractivity contribution in [3.8, 4) is 0 Å². The molecule has 0 unspecified atom stereocenters. The number of nitrogens with zero attached hydrogens (tertiary/aromatic N) is 2. The van der Waals surface area contributed by atoms with E-state index in [1.165, 1.54) is 13.0 Å². The minimum atomic E-state index is -4.61. The molecule has 6 heteroatoms. The number of aromatic nitrogens is 2. The van der Waals surface area contributed by atoms with Crippen molar-refractivity contribution >= 4 is 5.78 Å². The Hall–Kier alpha value is -1.46. The van der Waals surface area contributed by atoms with Gasteiger partial charge in [-0.25, -0.2) is 9.97 Å². The van der Waals surface area contributed by atoms with Gasteiger partial charge >= 0.3 is 6.18 Å². The van der Waals surface area contributed by atoms with Crippen molar-refractivity contribution in [1.29, 1.82) is 0 Å². The number of rotatable bonds is 1. The van der Waals surface area contributed by atoms with Crippen LogP contribution in [0.15, 0.2) is 6.07 Å². The molecule has 0 fully saturated rings. The van der Waals surface area contributed by atoms with E-state index in [1.54, 1.807) is 0 Å². The normalized spacial score (nSPS) is 11.5. The van der Waals surface area contributed by atoms with Crippen LogP contribution in [0, 0.1) is 6.92 Å². The van der Waals surface area contributed by atoms with E-state index >= 15 is 0 Å². The lowest BCUT2D eigenvalue weighted by atomic mass is 10.2. The summed E-state index contributed by atoms with van der Waals surface area (Å²) in [6.07, 6.45) is -4.61. The number of alkyl halides is 3. The molecular formula is C8H7F3N2O. The van der Waals surface area contributed by atoms with Gasteiger partial charge in [-0.15, -0.1) is 0 Å². The van der Waals surface area contributed by atoms with E-state index in [1.807, 2.05) is 0 Å². The van der Waals surface area contributed by atoms with Crippen LogP contribution in [0.5, 0.6) is 0 Å². The summed E-state index contributed by atoms with van der Waals surface area (Å²) in [7, 11) is 0. The minimum absolute atomic E-state index is 0.123. The number of carbonyl (C=O) groups excluding carboxylic acids is 1. The highest BCUT2D eigenvalue weighted by Gasteiger charge is 2.35. The van der Waals surface area contributed by atoms with Crippen LogP contribution in [0.2, 0.25) is 0 Å². The first kappa shape index (κ1) is 10.6. The standard InChI is InChI=1S/C8H7F3N2O/c1-4-3-6(5(2)14)13-7(12-4)8(9,10)11/h3H,1-2H3. The largest absolute Gasteiger partial charge is 0.451 e. The SMILES string of the molecule is CC(=O)c1cc(C)nc(C(F)(F)F)n1. The molecular weight excluding hydrogens is 197 g/mol. The Morgan fingerprint density at radius 3 is 2.36 bits per heavy atom. The van der Waals surface area contributed by atoms with E-state index in [4.69, 9.17) is 0 Å². The molecule has 0 radical (unpaired) electrons. The van der Waals surface area contributed by atoms with E-state index in [0.29, 0.717) is 0 Å². The average molecular weight is 204 g/mol. The molecule has 0 N–H and O–H groups in total. The van der Waals surface area contributed by atoms with Crippen molar-refractivity contribution in [3.05, 3.63) is 23.3 Å². The molecule has 0 amide bonds. The molecule has 3 nitrogen and oxygen atoms in total. The molecule has 0 aliphatic rings. The van der Waals surface area contributed by atoms with Gasteiger partial charge in [0.05, 0.1) is 0 Å². The van der Waals surface area contributed by atoms with Gasteiger partial charge in [0.25, 0.3) is 0 Å². The van der Waals surface area contributed by atoms with E-state index in [0.717, 1.165) is 6.92 Å². The highest BCUT2D eigenvalue weighted by Crippen LogP contribution is 2.26. The molecule has 0 aliphatic heterocycles. The maximum absolute atomic E-state index is 12.2. The Balaban J connectivity index is 3.28. The third kappa shape index (κ3) is 2.27. The van der Waals surface area contributed by atoms with E-state index in [2.05, 4.69) is 9.97 Å². The quantitative estimate of drug-likeness (QED) is 0.657. The van der Waals surface area contributed by atoms with Crippen molar-refractivity contribution in [2.45, 2.75) is 20.0 Å². The Labute approximate surface area is 78.0 Å². The molecule has 76 valence electrons. The van der Waals surface area contributed by atoms with Gasteiger partial charge < -0.3 is 0 Å². The lowest BCUT2D eigenvalue weighted by Gasteiger charge is -2.06. The molecule has 0 saturated heterocycles. The maximum atomic E-state index is 12.2. The highest BCUT2D eigenvalue weighted by molar-refractivity contribution is 5.92. The molecule has 14 heavy (non-hydrogen) atoms. The van der Waals surface area contributed by atoms with Gasteiger partial charge in [-0.05, 0) is 13.0 Å². The summed E-state index contributed by atoms with van der Waals surface area (Å²) in [5.41, 5.74) is -0.0950. The monoisotopic (exact) mass is 204 g/mol. The second-order valence-corrected chi connectivity index (χ2v) is 2.77. The number of Topliss-reactive ketones (excluding diaryl/α,β-unsaturated/α-hetero) is 1. The molecule has 0 aromatic carbocycles. The fraction of sp³-hybridized carbons (Fsp3) is 0.375. The van der Waals surface area contributed by atoms with Crippen LogP contribution in [-0.2, 0) is 6.18 Å². The summed E-state index contributed by atoms with van der Waals surface area (Å²) in [6.45, 7) is 2.53. The second kappa shape index (κ2) is 3.36. The van der Waals surface area contributed by atoms with Gasteiger partial charge in [0.15, 0.2) is 5.78 Å². The zero-order valence-electron chi connectivity index (χ0n) is 7.51. The zero-order valence-corrected chi connectivity index (χ0v) is 7.51. The Morgan fingerprint density at radius 1 is 1.36 bits per heavy atom. The molecule has 1 aromatic heterocycles. The first-order valence-corrected chi connectivity index (χ1v) is 3.74. The van der Waals surface area contributed by atoms with Crippen molar-refractivity contribution in [2.75, 3.05) is 0 Å². The fourth-order valence-electron chi connectivity index (χ4n) is 0.876. The third-order valence-corrected chi connectivity index (χ3v) is 1.47. The molecule has 0 aliphatic carbocycles. The van der Waals surface area contributed by atoms with Crippen LogP contribution >= 0.6 is 0 Å². The number of halogens is 3. The molecule has 0 bridgehead atoms. The predicted molar refractivity (Wildman–Crippen MR) is 41.8 cm³/mol. The summed E-state index contributed by atoms with van der Waals surface area (Å²) in [6, 6.07) is 1.22. The lowest BCUT2D eigenvalue weighted by molar-refractivity contribution is -0.145. The average Bonchev–Trinajstić information content (AvgIpc) is 2.01. The van der Waals surface area contributed by atoms with Crippen molar-refractivity contribution in [3.63, 3.8) is 0 Å². The second-order valence-electron chi connectivity index (χ2n) is 2.77. The maximum Gasteiger partial charge on any atom is 0.451 e. The summed E-state index contributed by atoms with van der Waals surface area (Å²) < 4.78 is 36.5. The van der Waals surface area contributed by atoms with Crippen LogP contribution in [0.3, 0.4) is 0 Å². The van der Waals surface area contributed by atoms with Crippen molar-refractivity contribution in [1.82, 2.24) is 9.97 Å². The summed E-state index contributed by atoms with van der Waals surface area (Å²) >= 11 is 0. The number of aryl methyl sites for hydroxylation is 1. The number of hydrogen-bond donors (Lipinski definition) is 0. The van der Waals surface area contributed by atoms with Crippen molar-refractivity contribution in [2.24, 2.45) is 0 Å². The van der Waals surface area contributed by atoms with Crippen LogP contribution < -0.4 is 0 Å². The lowest BCUT2D eigenvalue weighted by Crippen LogP contribution is -2.14. The summed E-state index contributed by atoms with van der Waals surface area (Å²) in [4.78, 5) is 17.1. The number of hydrogen-bond acceptors (Lipinski definition) is 3. The van der Waals surface area contributed by atoms with E-state index in [-0.39, 0.29) is 11.4 Å². The Kier molecular flexibility index (Phi) is 2.55. The molecule has 1 rings (SSSR count). The molecule has 0 saturated carbocycles. The number of carbonyl (C=O) groups is 1. The molecule has 0 atom stereocenters.